The summed E-state index contributed by atoms with van der Waals surface area (Å²) in [5.41, 5.74) is 0.863. The Morgan fingerprint density at radius 2 is 1.52 bits per heavy atom. The highest BCUT2D eigenvalue weighted by Crippen LogP contribution is 2.35. The van der Waals surface area contributed by atoms with Crippen LogP contribution in [0.4, 0.5) is 17.6 Å². The fraction of sp³-hybridized carbons (Fsp3) is 0.238. The van der Waals surface area contributed by atoms with Crippen LogP contribution < -0.4 is 0 Å². The average Bonchev–Trinajstić information content (AvgIpc) is 3.03. The second-order valence-electron chi connectivity index (χ2n) is 6.70. The third-order valence-corrected chi connectivity index (χ3v) is 5.05. The van der Waals surface area contributed by atoms with Crippen molar-refractivity contribution in [3.63, 3.8) is 0 Å². The van der Waals surface area contributed by atoms with Crippen LogP contribution in [0.3, 0.4) is 0 Å². The lowest BCUT2D eigenvalue weighted by molar-refractivity contribution is 0.209. The molecule has 0 spiro atoms. The Kier molecular flexibility index (Phi) is 4.74. The standard InChI is InChI=1S/C21H18F4N2/c22-16-6-2-7-17(23)15(16)13-27-12-4-11-26-10-3-9-19(26)21(27)14-5-1-8-18(24)20(14)25/h1-3,5-10,21H,4,11-13H2/t21-/m1/s1. The van der Waals surface area contributed by atoms with Gasteiger partial charge in [-0.3, -0.25) is 4.90 Å². The van der Waals surface area contributed by atoms with E-state index in [-0.39, 0.29) is 17.7 Å². The Labute approximate surface area is 154 Å². The molecular formula is C21H18F4N2. The zero-order valence-corrected chi connectivity index (χ0v) is 14.5. The number of aryl methyl sites for hydroxylation is 1. The Hall–Kier alpha value is -2.60. The van der Waals surface area contributed by atoms with Gasteiger partial charge in [0.25, 0.3) is 0 Å². The summed E-state index contributed by atoms with van der Waals surface area (Å²) < 4.78 is 58.9. The minimum absolute atomic E-state index is 0.0374. The second-order valence-corrected chi connectivity index (χ2v) is 6.70. The van der Waals surface area contributed by atoms with Crippen LogP contribution in [0, 0.1) is 23.3 Å². The molecule has 3 aromatic rings. The lowest BCUT2D eigenvalue weighted by Gasteiger charge is -2.31. The molecule has 0 unspecified atom stereocenters. The summed E-state index contributed by atoms with van der Waals surface area (Å²) in [5.74, 6) is -3.16. The van der Waals surface area contributed by atoms with Crippen molar-refractivity contribution in [1.29, 1.82) is 0 Å². The fourth-order valence-electron chi connectivity index (χ4n) is 3.78. The largest absolute Gasteiger partial charge is 0.350 e. The Bertz CT molecular complexity index is 946. The monoisotopic (exact) mass is 374 g/mol. The van der Waals surface area contributed by atoms with Crippen LogP contribution in [0.1, 0.15) is 29.3 Å². The first kappa shape index (κ1) is 17.8. The van der Waals surface area contributed by atoms with E-state index in [2.05, 4.69) is 0 Å². The molecule has 1 aliphatic heterocycles. The molecular weight excluding hydrogens is 356 g/mol. The molecule has 0 amide bonds. The first-order chi connectivity index (χ1) is 13.1. The summed E-state index contributed by atoms with van der Waals surface area (Å²) in [5, 5.41) is 0. The molecule has 2 aromatic carbocycles. The van der Waals surface area contributed by atoms with Gasteiger partial charge in [-0.25, -0.2) is 17.6 Å². The molecule has 1 aromatic heterocycles. The van der Waals surface area contributed by atoms with Crippen molar-refractivity contribution in [2.45, 2.75) is 25.6 Å². The number of hydrogen-bond donors (Lipinski definition) is 0. The molecule has 0 N–H and O–H groups in total. The van der Waals surface area contributed by atoms with E-state index in [1.165, 1.54) is 30.3 Å². The highest BCUT2D eigenvalue weighted by molar-refractivity contribution is 5.32. The molecule has 0 radical (unpaired) electrons. The van der Waals surface area contributed by atoms with Gasteiger partial charge in [0.05, 0.1) is 6.04 Å². The van der Waals surface area contributed by atoms with Gasteiger partial charge in [0.15, 0.2) is 11.6 Å². The van der Waals surface area contributed by atoms with E-state index >= 15 is 0 Å². The van der Waals surface area contributed by atoms with Crippen LogP contribution in [0.25, 0.3) is 0 Å². The maximum Gasteiger partial charge on any atom is 0.163 e. The van der Waals surface area contributed by atoms with Gasteiger partial charge >= 0.3 is 0 Å². The third kappa shape index (κ3) is 3.25. The fourth-order valence-corrected chi connectivity index (χ4v) is 3.78. The summed E-state index contributed by atoms with van der Waals surface area (Å²) in [7, 11) is 0. The van der Waals surface area contributed by atoms with Gasteiger partial charge in [0, 0.05) is 42.7 Å². The number of benzene rings is 2. The molecule has 0 aliphatic carbocycles. The van der Waals surface area contributed by atoms with E-state index in [0.29, 0.717) is 13.1 Å². The molecule has 140 valence electrons. The van der Waals surface area contributed by atoms with E-state index < -0.39 is 29.3 Å². The van der Waals surface area contributed by atoms with Crippen molar-refractivity contribution < 1.29 is 17.6 Å². The number of nitrogens with zero attached hydrogens (tertiary/aromatic N) is 2. The number of hydrogen-bond acceptors (Lipinski definition) is 1. The van der Waals surface area contributed by atoms with E-state index in [1.807, 2.05) is 22.9 Å². The molecule has 6 heteroatoms. The second kappa shape index (κ2) is 7.19. The first-order valence-corrected chi connectivity index (χ1v) is 8.82. The molecule has 2 nitrogen and oxygen atoms in total. The molecule has 0 saturated heterocycles. The highest BCUT2D eigenvalue weighted by atomic mass is 19.2. The van der Waals surface area contributed by atoms with Gasteiger partial charge in [-0.05, 0) is 36.8 Å². The zero-order chi connectivity index (χ0) is 19.0. The van der Waals surface area contributed by atoms with E-state index in [1.54, 1.807) is 4.90 Å². The number of halogens is 4. The van der Waals surface area contributed by atoms with Crippen molar-refractivity contribution in [3.05, 3.63) is 94.8 Å². The molecule has 0 saturated carbocycles. The van der Waals surface area contributed by atoms with Crippen molar-refractivity contribution >= 4 is 0 Å². The van der Waals surface area contributed by atoms with Gasteiger partial charge in [-0.1, -0.05) is 18.2 Å². The van der Waals surface area contributed by atoms with E-state index in [9.17, 15) is 17.6 Å². The topological polar surface area (TPSA) is 8.17 Å². The minimum Gasteiger partial charge on any atom is -0.350 e. The van der Waals surface area contributed by atoms with Gasteiger partial charge in [0.1, 0.15) is 11.6 Å². The number of fused-ring (bicyclic) bond motifs is 1. The van der Waals surface area contributed by atoms with Crippen LogP contribution in [0.2, 0.25) is 0 Å². The molecule has 0 bridgehead atoms. The van der Waals surface area contributed by atoms with Crippen LogP contribution in [-0.2, 0) is 13.1 Å². The third-order valence-electron chi connectivity index (χ3n) is 5.05. The van der Waals surface area contributed by atoms with Crippen LogP contribution in [0.15, 0.2) is 54.7 Å². The Balaban J connectivity index is 1.82. The lowest BCUT2D eigenvalue weighted by Crippen LogP contribution is -2.31. The van der Waals surface area contributed by atoms with Crippen LogP contribution in [-0.4, -0.2) is 16.0 Å². The van der Waals surface area contributed by atoms with Crippen molar-refractivity contribution in [3.8, 4) is 0 Å². The highest BCUT2D eigenvalue weighted by Gasteiger charge is 2.31. The maximum absolute atomic E-state index is 14.6. The lowest BCUT2D eigenvalue weighted by atomic mass is 10.00. The maximum atomic E-state index is 14.6. The van der Waals surface area contributed by atoms with Crippen LogP contribution in [0.5, 0.6) is 0 Å². The molecule has 27 heavy (non-hydrogen) atoms. The predicted molar refractivity (Wildman–Crippen MR) is 94.0 cm³/mol. The smallest absolute Gasteiger partial charge is 0.163 e. The molecule has 1 aliphatic rings. The van der Waals surface area contributed by atoms with Crippen LogP contribution >= 0.6 is 0 Å². The van der Waals surface area contributed by atoms with E-state index in [4.69, 9.17) is 0 Å². The Morgan fingerprint density at radius 3 is 2.30 bits per heavy atom. The van der Waals surface area contributed by atoms with Crippen molar-refractivity contribution in [2.75, 3.05) is 6.54 Å². The summed E-state index contributed by atoms with van der Waals surface area (Å²) in [4.78, 5) is 1.80. The molecule has 0 fully saturated rings. The minimum atomic E-state index is -0.938. The first-order valence-electron chi connectivity index (χ1n) is 8.82. The van der Waals surface area contributed by atoms with Crippen molar-refractivity contribution in [1.82, 2.24) is 9.47 Å². The zero-order valence-electron chi connectivity index (χ0n) is 14.5. The normalized spacial score (nSPS) is 17.6. The summed E-state index contributed by atoms with van der Waals surface area (Å²) in [6, 6.07) is 10.8. The summed E-state index contributed by atoms with van der Waals surface area (Å²) in [6.07, 6.45) is 2.61. The SMILES string of the molecule is Fc1cccc([C@@H]2c3cccn3CCCN2Cc2c(F)cccc2F)c1F. The molecule has 4 rings (SSSR count). The van der Waals surface area contributed by atoms with E-state index in [0.717, 1.165) is 18.2 Å². The summed E-state index contributed by atoms with van der Waals surface area (Å²) >= 11 is 0. The quantitative estimate of drug-likeness (QED) is 0.583. The number of rotatable bonds is 3. The Morgan fingerprint density at radius 1 is 0.815 bits per heavy atom. The summed E-state index contributed by atoms with van der Waals surface area (Å²) in [6.45, 7) is 1.16. The molecule has 1 atom stereocenters. The average molecular weight is 374 g/mol. The molecule has 2 heterocycles. The van der Waals surface area contributed by atoms with Gasteiger partial charge < -0.3 is 4.57 Å². The van der Waals surface area contributed by atoms with Gasteiger partial charge in [0.2, 0.25) is 0 Å². The van der Waals surface area contributed by atoms with Gasteiger partial charge in [-0.15, -0.1) is 0 Å². The van der Waals surface area contributed by atoms with Crippen molar-refractivity contribution in [2.24, 2.45) is 0 Å². The van der Waals surface area contributed by atoms with Gasteiger partial charge in [-0.2, -0.15) is 0 Å². The number of aromatic nitrogens is 1. The predicted octanol–water partition coefficient (Wildman–Crippen LogP) is 5.04.